The summed E-state index contributed by atoms with van der Waals surface area (Å²) in [7, 11) is 0. The first-order valence-corrected chi connectivity index (χ1v) is 8.92. The number of hydrogen-bond donors (Lipinski definition) is 6. The zero-order chi connectivity index (χ0) is 24.3. The smallest absolute Gasteiger partial charge is 0.327 e. The van der Waals surface area contributed by atoms with Crippen LogP contribution < -0.4 is 0 Å². The second-order valence-electron chi connectivity index (χ2n) is 6.06. The normalized spacial score (nSPS) is 11.7. The van der Waals surface area contributed by atoms with Crippen molar-refractivity contribution >= 4 is 54.3 Å². The molecule has 0 heterocycles. The lowest BCUT2D eigenvalue weighted by Gasteiger charge is -2.30. The molecule has 0 bridgehead atoms. The molecule has 0 unspecified atom stereocenters. The molecule has 31 heavy (non-hydrogen) atoms. The van der Waals surface area contributed by atoms with Gasteiger partial charge in [0.25, 0.3) is 0 Å². The van der Waals surface area contributed by atoms with Crippen molar-refractivity contribution < 1.29 is 59.1 Å². The fourth-order valence-corrected chi connectivity index (χ4v) is 2.71. The van der Waals surface area contributed by atoms with Crippen LogP contribution in [0.15, 0.2) is 0 Å². The molecule has 0 saturated carbocycles. The van der Waals surface area contributed by atoms with Crippen LogP contribution in [0.25, 0.3) is 0 Å². The standard InChI is InChI=1S/C15H21N3O12S/c19-9(1-16(3-11(21)22)4-12(23)24)18(8(7-31)15(29)30)10(20)2-17(5-13(25)26)6-14(27)28/h8,31H,1-7H2,(H,21,22)(H,23,24)(H,25,26)(H,27,28)(H,29,30)/t8-/m0/s1. The number of hydrogen-bond acceptors (Lipinski definition) is 10. The Labute approximate surface area is 179 Å². The lowest BCUT2D eigenvalue weighted by molar-refractivity contribution is -0.158. The summed E-state index contributed by atoms with van der Waals surface area (Å²) in [6, 6.07) is -1.86. The van der Waals surface area contributed by atoms with Crippen LogP contribution in [-0.2, 0) is 33.6 Å². The molecule has 0 radical (unpaired) electrons. The molecule has 1 atom stereocenters. The average Bonchev–Trinajstić information content (AvgIpc) is 2.56. The number of rotatable bonds is 15. The summed E-state index contributed by atoms with van der Waals surface area (Å²) in [4.78, 5) is 81.6. The molecule has 0 aliphatic rings. The molecule has 174 valence electrons. The quantitative estimate of drug-likeness (QED) is 0.129. The van der Waals surface area contributed by atoms with E-state index in [2.05, 4.69) is 12.6 Å². The molecule has 5 N–H and O–H groups in total. The fraction of sp³-hybridized carbons (Fsp3) is 0.533. The molecule has 2 amide bonds. The first-order valence-electron chi connectivity index (χ1n) is 8.28. The van der Waals surface area contributed by atoms with Crippen LogP contribution in [0.2, 0.25) is 0 Å². The predicted molar refractivity (Wildman–Crippen MR) is 101 cm³/mol. The molecular formula is C15H21N3O12S. The van der Waals surface area contributed by atoms with Crippen LogP contribution in [0.4, 0.5) is 0 Å². The highest BCUT2D eigenvalue weighted by atomic mass is 32.1. The predicted octanol–water partition coefficient (Wildman–Crippen LogP) is -3.33. The van der Waals surface area contributed by atoms with E-state index in [1.807, 2.05) is 0 Å². The summed E-state index contributed by atoms with van der Waals surface area (Å²) in [5.74, 6) is -10.8. The Morgan fingerprint density at radius 2 is 0.871 bits per heavy atom. The van der Waals surface area contributed by atoms with Gasteiger partial charge in [-0.3, -0.25) is 43.5 Å². The summed E-state index contributed by atoms with van der Waals surface area (Å²) >= 11 is 3.76. The van der Waals surface area contributed by atoms with Crippen LogP contribution in [0.5, 0.6) is 0 Å². The number of carbonyl (C=O) groups excluding carboxylic acids is 2. The number of carboxylic acid groups (broad SMARTS) is 5. The third kappa shape index (κ3) is 10.9. The highest BCUT2D eigenvalue weighted by molar-refractivity contribution is 7.80. The third-order valence-corrected chi connectivity index (χ3v) is 3.81. The first-order chi connectivity index (χ1) is 14.3. The highest BCUT2D eigenvalue weighted by Crippen LogP contribution is 2.08. The van der Waals surface area contributed by atoms with Crippen LogP contribution in [0.3, 0.4) is 0 Å². The molecule has 0 aromatic rings. The van der Waals surface area contributed by atoms with Crippen LogP contribution in [0.1, 0.15) is 0 Å². The summed E-state index contributed by atoms with van der Waals surface area (Å²) in [6.07, 6.45) is 0. The van der Waals surface area contributed by atoms with Gasteiger partial charge in [-0.2, -0.15) is 12.6 Å². The SMILES string of the molecule is O=C(O)CN(CC(=O)O)CC(=O)N(C(=O)CN(CC(=O)O)CC(=O)O)[C@@H](CS)C(=O)O. The van der Waals surface area contributed by atoms with E-state index in [0.717, 1.165) is 0 Å². The zero-order valence-electron chi connectivity index (χ0n) is 15.9. The number of carboxylic acids is 5. The Morgan fingerprint density at radius 3 is 1.06 bits per heavy atom. The van der Waals surface area contributed by atoms with E-state index in [-0.39, 0.29) is 4.90 Å². The number of nitrogens with zero attached hydrogens (tertiary/aromatic N) is 3. The molecule has 0 aromatic carbocycles. The minimum atomic E-state index is -1.86. The van der Waals surface area contributed by atoms with Crippen molar-refractivity contribution in [3.63, 3.8) is 0 Å². The summed E-state index contributed by atoms with van der Waals surface area (Å²) in [6.45, 7) is -5.60. The first kappa shape index (κ1) is 27.8. The van der Waals surface area contributed by atoms with E-state index in [1.165, 1.54) is 0 Å². The lowest BCUT2D eigenvalue weighted by Crippen LogP contribution is -2.56. The zero-order valence-corrected chi connectivity index (χ0v) is 16.8. The van der Waals surface area contributed by atoms with Crippen molar-refractivity contribution in [2.75, 3.05) is 45.0 Å². The molecule has 0 aromatic heterocycles. The van der Waals surface area contributed by atoms with Gasteiger partial charge in [-0.05, 0) is 0 Å². The number of carbonyl (C=O) groups is 7. The maximum absolute atomic E-state index is 12.6. The molecule has 0 aliphatic carbocycles. The lowest BCUT2D eigenvalue weighted by atomic mass is 10.2. The molecule has 0 spiro atoms. The summed E-state index contributed by atoms with van der Waals surface area (Å²) in [5.41, 5.74) is 0. The fourth-order valence-electron chi connectivity index (χ4n) is 2.39. The van der Waals surface area contributed by atoms with Gasteiger partial charge in [0.05, 0.1) is 39.3 Å². The highest BCUT2D eigenvalue weighted by Gasteiger charge is 2.36. The average molecular weight is 467 g/mol. The Morgan fingerprint density at radius 1 is 0.581 bits per heavy atom. The monoisotopic (exact) mass is 467 g/mol. The van der Waals surface area contributed by atoms with Gasteiger partial charge in [-0.25, -0.2) is 4.79 Å². The maximum atomic E-state index is 12.6. The third-order valence-electron chi connectivity index (χ3n) is 3.46. The molecule has 16 heteroatoms. The number of aliphatic carboxylic acids is 5. The summed E-state index contributed by atoms with van der Waals surface area (Å²) < 4.78 is 0. The van der Waals surface area contributed by atoms with Gasteiger partial charge in [-0.15, -0.1) is 0 Å². The number of amides is 2. The molecular weight excluding hydrogens is 446 g/mol. The van der Waals surface area contributed by atoms with Crippen molar-refractivity contribution in [3.8, 4) is 0 Å². The van der Waals surface area contributed by atoms with Crippen LogP contribution >= 0.6 is 12.6 Å². The Bertz CT molecular complexity index is 661. The molecule has 0 rings (SSSR count). The Balaban J connectivity index is 5.82. The summed E-state index contributed by atoms with van der Waals surface area (Å²) in [5, 5.41) is 44.6. The topological polar surface area (TPSA) is 230 Å². The second kappa shape index (κ2) is 13.1. The van der Waals surface area contributed by atoms with Crippen molar-refractivity contribution in [3.05, 3.63) is 0 Å². The maximum Gasteiger partial charge on any atom is 0.327 e. The van der Waals surface area contributed by atoms with Gasteiger partial charge in [0.1, 0.15) is 6.04 Å². The van der Waals surface area contributed by atoms with Gasteiger partial charge < -0.3 is 25.5 Å². The van der Waals surface area contributed by atoms with E-state index in [0.29, 0.717) is 9.80 Å². The van der Waals surface area contributed by atoms with Gasteiger partial charge >= 0.3 is 29.8 Å². The van der Waals surface area contributed by atoms with E-state index < -0.39 is 92.7 Å². The van der Waals surface area contributed by atoms with E-state index in [4.69, 9.17) is 20.4 Å². The minimum Gasteiger partial charge on any atom is -0.480 e. The van der Waals surface area contributed by atoms with Crippen molar-refractivity contribution in [1.82, 2.24) is 14.7 Å². The van der Waals surface area contributed by atoms with E-state index in [1.54, 1.807) is 0 Å². The van der Waals surface area contributed by atoms with Gasteiger partial charge in [0.2, 0.25) is 11.8 Å². The number of imide groups is 1. The molecule has 0 aliphatic heterocycles. The van der Waals surface area contributed by atoms with Crippen molar-refractivity contribution in [2.45, 2.75) is 6.04 Å². The van der Waals surface area contributed by atoms with Gasteiger partial charge in [0.15, 0.2) is 0 Å². The van der Waals surface area contributed by atoms with Gasteiger partial charge in [0, 0.05) is 5.75 Å². The Hall–Kier alpha value is -3.24. The molecule has 0 saturated heterocycles. The van der Waals surface area contributed by atoms with E-state index >= 15 is 0 Å². The number of thiol groups is 1. The Kier molecular flexibility index (Phi) is 11.8. The van der Waals surface area contributed by atoms with Gasteiger partial charge in [-0.1, -0.05) is 0 Å². The van der Waals surface area contributed by atoms with Crippen molar-refractivity contribution in [1.29, 1.82) is 0 Å². The van der Waals surface area contributed by atoms with Crippen LogP contribution in [-0.4, -0.2) is 133 Å². The van der Waals surface area contributed by atoms with Crippen LogP contribution in [0, 0.1) is 0 Å². The molecule has 0 fully saturated rings. The van der Waals surface area contributed by atoms with Crippen molar-refractivity contribution in [2.24, 2.45) is 0 Å². The largest absolute Gasteiger partial charge is 0.480 e. The second-order valence-corrected chi connectivity index (χ2v) is 6.42. The molecule has 15 nitrogen and oxygen atoms in total. The minimum absolute atomic E-state index is 0.169. The van der Waals surface area contributed by atoms with E-state index in [9.17, 15) is 38.7 Å².